The third kappa shape index (κ3) is 8.38. The van der Waals surface area contributed by atoms with Crippen LogP contribution in [0.2, 0.25) is 0 Å². The predicted octanol–water partition coefficient (Wildman–Crippen LogP) is 0.676. The van der Waals surface area contributed by atoms with Gasteiger partial charge in [0.05, 0.1) is 23.7 Å². The normalized spacial score (nSPS) is 16.0. The van der Waals surface area contributed by atoms with Gasteiger partial charge in [0.25, 0.3) is 0 Å². The molecule has 0 aromatic rings. The summed E-state index contributed by atoms with van der Waals surface area (Å²) in [5.41, 5.74) is 0. The quantitative estimate of drug-likeness (QED) is 0.603. The van der Waals surface area contributed by atoms with Crippen molar-refractivity contribution < 1.29 is 18.6 Å². The van der Waals surface area contributed by atoms with E-state index in [1.54, 1.807) is 6.92 Å². The van der Waals surface area contributed by atoms with Crippen molar-refractivity contribution in [3.05, 3.63) is 0 Å². The Bertz CT molecular complexity index is 264. The fourth-order valence-electron chi connectivity index (χ4n) is 1.02. The van der Waals surface area contributed by atoms with Gasteiger partial charge in [0.2, 0.25) is 0 Å². The van der Waals surface area contributed by atoms with Crippen LogP contribution in [-0.4, -0.2) is 53.9 Å². The van der Waals surface area contributed by atoms with Gasteiger partial charge in [0.1, 0.15) is 0 Å². The fraction of sp³-hybridized carbons (Fsp3) is 1.00. The van der Waals surface area contributed by atoms with Crippen molar-refractivity contribution in [2.45, 2.75) is 38.9 Å². The summed E-state index contributed by atoms with van der Waals surface area (Å²) in [7, 11) is -3.15. The second kappa shape index (κ2) is 8.33. The zero-order valence-electron chi connectivity index (χ0n) is 9.92. The third-order valence-corrected chi connectivity index (χ3v) is 5.33. The SMILES string of the molecule is CCC(O)CSCCS(=O)(=O)CC(O)CC. The highest BCUT2D eigenvalue weighted by atomic mass is 32.2. The molecule has 0 aromatic carbocycles. The number of aliphatic hydroxyl groups excluding tert-OH is 2. The van der Waals surface area contributed by atoms with Gasteiger partial charge in [-0.1, -0.05) is 13.8 Å². The second-order valence-electron chi connectivity index (χ2n) is 3.81. The zero-order valence-corrected chi connectivity index (χ0v) is 11.6. The molecule has 2 N–H and O–H groups in total. The van der Waals surface area contributed by atoms with E-state index in [2.05, 4.69) is 0 Å². The molecule has 0 aliphatic heterocycles. The van der Waals surface area contributed by atoms with E-state index in [-0.39, 0.29) is 17.6 Å². The van der Waals surface area contributed by atoms with Crippen molar-refractivity contribution in [2.24, 2.45) is 0 Å². The van der Waals surface area contributed by atoms with Crippen LogP contribution >= 0.6 is 11.8 Å². The maximum atomic E-state index is 11.5. The molecule has 0 amide bonds. The summed E-state index contributed by atoms with van der Waals surface area (Å²) in [5.74, 6) is 0.976. The molecule has 0 saturated heterocycles. The summed E-state index contributed by atoms with van der Waals surface area (Å²) in [6, 6.07) is 0. The molecular formula is C10H22O4S2. The van der Waals surface area contributed by atoms with Gasteiger partial charge in [-0.2, -0.15) is 11.8 Å². The number of sulfone groups is 1. The van der Waals surface area contributed by atoms with Gasteiger partial charge < -0.3 is 10.2 Å². The average molecular weight is 270 g/mol. The highest BCUT2D eigenvalue weighted by Gasteiger charge is 2.15. The van der Waals surface area contributed by atoms with Crippen LogP contribution in [0.1, 0.15) is 26.7 Å². The first-order chi connectivity index (χ1) is 7.41. The van der Waals surface area contributed by atoms with E-state index in [0.29, 0.717) is 24.3 Å². The van der Waals surface area contributed by atoms with Gasteiger partial charge in [-0.3, -0.25) is 0 Å². The smallest absolute Gasteiger partial charge is 0.153 e. The lowest BCUT2D eigenvalue weighted by molar-refractivity contribution is 0.193. The van der Waals surface area contributed by atoms with E-state index in [1.807, 2.05) is 6.92 Å². The topological polar surface area (TPSA) is 74.6 Å². The maximum Gasteiger partial charge on any atom is 0.153 e. The molecule has 0 rings (SSSR count). The molecule has 4 nitrogen and oxygen atoms in total. The lowest BCUT2D eigenvalue weighted by Crippen LogP contribution is -2.23. The minimum atomic E-state index is -3.15. The molecule has 2 atom stereocenters. The molecule has 16 heavy (non-hydrogen) atoms. The first-order valence-corrected chi connectivity index (χ1v) is 8.53. The molecule has 2 unspecified atom stereocenters. The van der Waals surface area contributed by atoms with Crippen molar-refractivity contribution in [3.8, 4) is 0 Å². The fourth-order valence-corrected chi connectivity index (χ4v) is 4.17. The molecule has 0 radical (unpaired) electrons. The summed E-state index contributed by atoms with van der Waals surface area (Å²) in [6.45, 7) is 3.64. The summed E-state index contributed by atoms with van der Waals surface area (Å²) in [6.07, 6.45) is 0.0417. The Morgan fingerprint density at radius 2 is 1.69 bits per heavy atom. The van der Waals surface area contributed by atoms with Crippen LogP contribution in [0.4, 0.5) is 0 Å². The van der Waals surface area contributed by atoms with Crippen LogP contribution in [0.25, 0.3) is 0 Å². The van der Waals surface area contributed by atoms with E-state index >= 15 is 0 Å². The maximum absolute atomic E-state index is 11.5. The molecule has 0 spiro atoms. The van der Waals surface area contributed by atoms with Gasteiger partial charge in [-0.05, 0) is 12.8 Å². The molecule has 0 heterocycles. The standard InChI is InChI=1S/C10H22O4S2/c1-3-9(11)7-15-5-6-16(13,14)8-10(12)4-2/h9-12H,3-8H2,1-2H3. The molecule has 6 heteroatoms. The summed E-state index contributed by atoms with van der Waals surface area (Å²) in [5, 5.41) is 18.5. The first kappa shape index (κ1) is 16.2. The highest BCUT2D eigenvalue weighted by molar-refractivity contribution is 8.00. The van der Waals surface area contributed by atoms with Crippen LogP contribution in [0.15, 0.2) is 0 Å². The number of rotatable bonds is 9. The summed E-state index contributed by atoms with van der Waals surface area (Å²) >= 11 is 1.44. The molecule has 0 aromatic heterocycles. The third-order valence-electron chi connectivity index (χ3n) is 2.24. The minimum absolute atomic E-state index is 0.0746. The predicted molar refractivity (Wildman–Crippen MR) is 68.6 cm³/mol. The van der Waals surface area contributed by atoms with Crippen molar-refractivity contribution in [2.75, 3.05) is 23.0 Å². The Hall–Kier alpha value is 0.220. The Kier molecular flexibility index (Phi) is 8.45. The number of hydrogen-bond acceptors (Lipinski definition) is 5. The van der Waals surface area contributed by atoms with Gasteiger partial charge in [0.15, 0.2) is 9.84 Å². The molecule has 0 fully saturated rings. The molecule has 0 aliphatic carbocycles. The van der Waals surface area contributed by atoms with Crippen molar-refractivity contribution >= 4 is 21.6 Å². The molecule has 0 aliphatic rings. The van der Waals surface area contributed by atoms with Crippen molar-refractivity contribution in [3.63, 3.8) is 0 Å². The molecule has 0 saturated carbocycles. The average Bonchev–Trinajstić information content (AvgIpc) is 2.23. The van der Waals surface area contributed by atoms with E-state index in [9.17, 15) is 18.6 Å². The number of hydrogen-bond donors (Lipinski definition) is 2. The van der Waals surface area contributed by atoms with E-state index in [1.165, 1.54) is 11.8 Å². The molecule has 98 valence electrons. The van der Waals surface area contributed by atoms with E-state index in [4.69, 9.17) is 0 Å². The lowest BCUT2D eigenvalue weighted by atomic mass is 10.3. The van der Waals surface area contributed by atoms with Gasteiger partial charge in [-0.25, -0.2) is 8.42 Å². The second-order valence-corrected chi connectivity index (χ2v) is 7.19. The Labute approximate surface area is 102 Å². The molecule has 0 bridgehead atoms. The molecular weight excluding hydrogens is 248 g/mol. The summed E-state index contributed by atoms with van der Waals surface area (Å²) < 4.78 is 23.0. The number of aliphatic hydroxyl groups is 2. The van der Waals surface area contributed by atoms with Gasteiger partial charge in [0, 0.05) is 11.5 Å². The van der Waals surface area contributed by atoms with Crippen molar-refractivity contribution in [1.29, 1.82) is 0 Å². The lowest BCUT2D eigenvalue weighted by Gasteiger charge is -2.09. The minimum Gasteiger partial charge on any atom is -0.392 e. The Morgan fingerprint density at radius 1 is 1.12 bits per heavy atom. The van der Waals surface area contributed by atoms with Gasteiger partial charge >= 0.3 is 0 Å². The van der Waals surface area contributed by atoms with Crippen LogP contribution in [-0.2, 0) is 9.84 Å². The van der Waals surface area contributed by atoms with E-state index < -0.39 is 15.9 Å². The number of thioether (sulfide) groups is 1. The summed E-state index contributed by atoms with van der Waals surface area (Å²) in [4.78, 5) is 0. The van der Waals surface area contributed by atoms with Crippen LogP contribution < -0.4 is 0 Å². The Balaban J connectivity index is 3.75. The van der Waals surface area contributed by atoms with Crippen LogP contribution in [0.5, 0.6) is 0 Å². The van der Waals surface area contributed by atoms with Gasteiger partial charge in [-0.15, -0.1) is 0 Å². The monoisotopic (exact) mass is 270 g/mol. The van der Waals surface area contributed by atoms with E-state index in [0.717, 1.165) is 0 Å². The van der Waals surface area contributed by atoms with Crippen LogP contribution in [0.3, 0.4) is 0 Å². The highest BCUT2D eigenvalue weighted by Crippen LogP contribution is 2.08. The van der Waals surface area contributed by atoms with Crippen molar-refractivity contribution in [1.82, 2.24) is 0 Å². The Morgan fingerprint density at radius 3 is 2.19 bits per heavy atom. The zero-order chi connectivity index (χ0) is 12.6. The van der Waals surface area contributed by atoms with Crippen LogP contribution in [0, 0.1) is 0 Å². The first-order valence-electron chi connectivity index (χ1n) is 5.55. The largest absolute Gasteiger partial charge is 0.392 e.